The third-order valence-electron chi connectivity index (χ3n) is 3.28. The molecule has 0 spiro atoms. The summed E-state index contributed by atoms with van der Waals surface area (Å²) >= 11 is 0. The average Bonchev–Trinajstić information content (AvgIpc) is 2.60. The van der Waals surface area contributed by atoms with E-state index in [0.717, 1.165) is 5.69 Å². The number of benzene rings is 1. The number of carbonyl (C=O) groups is 3. The van der Waals surface area contributed by atoms with Crippen LogP contribution in [-0.4, -0.2) is 36.5 Å². The average molecular weight is 357 g/mol. The van der Waals surface area contributed by atoms with Crippen LogP contribution in [0.5, 0.6) is 5.75 Å². The maximum atomic E-state index is 12.1. The van der Waals surface area contributed by atoms with Gasteiger partial charge in [-0.25, -0.2) is 4.79 Å². The van der Waals surface area contributed by atoms with Crippen molar-refractivity contribution in [1.29, 1.82) is 0 Å². The first kappa shape index (κ1) is 18.9. The summed E-state index contributed by atoms with van der Waals surface area (Å²) in [6, 6.07) is 8.03. The Morgan fingerprint density at radius 1 is 1.12 bits per heavy atom. The fourth-order valence-corrected chi connectivity index (χ4v) is 2.08. The Kier molecular flexibility index (Phi) is 6.26. The molecule has 0 saturated carbocycles. The highest BCUT2D eigenvalue weighted by Gasteiger charge is 2.13. The number of nitrogens with one attached hydrogen (secondary N) is 2. The van der Waals surface area contributed by atoms with Crippen molar-refractivity contribution in [2.24, 2.45) is 0 Å². The number of aryl methyl sites for hydroxylation is 1. The van der Waals surface area contributed by atoms with E-state index < -0.39 is 18.5 Å². The highest BCUT2D eigenvalue weighted by molar-refractivity contribution is 5.97. The smallest absolute Gasteiger partial charge is 0.340 e. The molecule has 0 unspecified atom stereocenters. The number of hydrogen-bond acceptors (Lipinski definition) is 6. The Bertz CT molecular complexity index is 818. The molecule has 1 aromatic heterocycles. The lowest BCUT2D eigenvalue weighted by Crippen LogP contribution is -2.21. The van der Waals surface area contributed by atoms with Gasteiger partial charge in [-0.1, -0.05) is 0 Å². The first-order chi connectivity index (χ1) is 12.4. The summed E-state index contributed by atoms with van der Waals surface area (Å²) in [7, 11) is 1.45. The van der Waals surface area contributed by atoms with Crippen molar-refractivity contribution < 1.29 is 23.9 Å². The van der Waals surface area contributed by atoms with Crippen LogP contribution >= 0.6 is 0 Å². The quantitative estimate of drug-likeness (QED) is 0.767. The molecule has 2 N–H and O–H groups in total. The highest BCUT2D eigenvalue weighted by atomic mass is 16.5. The van der Waals surface area contributed by atoms with Crippen LogP contribution in [0.1, 0.15) is 23.0 Å². The number of amides is 2. The summed E-state index contributed by atoms with van der Waals surface area (Å²) < 4.78 is 10.1. The van der Waals surface area contributed by atoms with Crippen molar-refractivity contribution in [1.82, 2.24) is 4.98 Å². The fourth-order valence-electron chi connectivity index (χ4n) is 2.08. The Hall–Kier alpha value is -3.42. The number of ether oxygens (including phenoxy) is 2. The van der Waals surface area contributed by atoms with Gasteiger partial charge >= 0.3 is 5.97 Å². The van der Waals surface area contributed by atoms with E-state index >= 15 is 0 Å². The van der Waals surface area contributed by atoms with Gasteiger partial charge in [-0.2, -0.15) is 0 Å². The molecule has 0 radical (unpaired) electrons. The Morgan fingerprint density at radius 3 is 2.50 bits per heavy atom. The van der Waals surface area contributed by atoms with Gasteiger partial charge in [0.25, 0.3) is 5.91 Å². The summed E-state index contributed by atoms with van der Waals surface area (Å²) in [5.41, 5.74) is 1.87. The van der Waals surface area contributed by atoms with Crippen LogP contribution in [0.2, 0.25) is 0 Å². The van der Waals surface area contributed by atoms with Crippen LogP contribution in [0.15, 0.2) is 36.5 Å². The van der Waals surface area contributed by atoms with Gasteiger partial charge in [0, 0.05) is 24.5 Å². The van der Waals surface area contributed by atoms with Gasteiger partial charge in [0.1, 0.15) is 5.75 Å². The van der Waals surface area contributed by atoms with Crippen LogP contribution in [-0.2, 0) is 14.3 Å². The minimum absolute atomic E-state index is 0.243. The van der Waals surface area contributed by atoms with E-state index in [-0.39, 0.29) is 11.5 Å². The topological polar surface area (TPSA) is 107 Å². The SMILES string of the molecule is COc1ccc(NC(C)=O)cc1NC(=O)COC(=O)c1ccc(C)nc1. The molecule has 0 saturated heterocycles. The van der Waals surface area contributed by atoms with E-state index in [1.54, 1.807) is 37.3 Å². The zero-order chi connectivity index (χ0) is 19.1. The molecule has 8 nitrogen and oxygen atoms in total. The summed E-state index contributed by atoms with van der Waals surface area (Å²) in [6.07, 6.45) is 1.38. The maximum Gasteiger partial charge on any atom is 0.340 e. The molecule has 0 bridgehead atoms. The number of anilines is 2. The number of esters is 1. The van der Waals surface area contributed by atoms with Crippen molar-refractivity contribution in [2.75, 3.05) is 24.4 Å². The standard InChI is InChI=1S/C18H19N3O5/c1-11-4-5-13(9-19-11)18(24)26-10-17(23)21-15-8-14(20-12(2)22)6-7-16(15)25-3/h4-9H,10H2,1-3H3,(H,20,22)(H,21,23). The second-order valence-electron chi connectivity index (χ2n) is 5.41. The third-order valence-corrected chi connectivity index (χ3v) is 3.28. The van der Waals surface area contributed by atoms with E-state index in [4.69, 9.17) is 9.47 Å². The lowest BCUT2D eigenvalue weighted by Gasteiger charge is -2.12. The van der Waals surface area contributed by atoms with Gasteiger partial charge in [-0.15, -0.1) is 0 Å². The molecule has 136 valence electrons. The third kappa shape index (κ3) is 5.30. The molecule has 8 heteroatoms. The molecular formula is C18H19N3O5. The van der Waals surface area contributed by atoms with E-state index in [9.17, 15) is 14.4 Å². The molecule has 0 aliphatic heterocycles. The van der Waals surface area contributed by atoms with Gasteiger partial charge < -0.3 is 20.1 Å². The minimum Gasteiger partial charge on any atom is -0.495 e. The van der Waals surface area contributed by atoms with Gasteiger partial charge in [0.2, 0.25) is 5.91 Å². The summed E-state index contributed by atoms with van der Waals surface area (Å²) in [4.78, 5) is 39.1. The Balaban J connectivity index is 1.99. The van der Waals surface area contributed by atoms with Crippen LogP contribution in [0, 0.1) is 6.92 Å². The molecule has 2 rings (SSSR count). The number of aromatic nitrogens is 1. The van der Waals surface area contributed by atoms with Gasteiger partial charge in [0.15, 0.2) is 6.61 Å². The van der Waals surface area contributed by atoms with E-state index in [0.29, 0.717) is 17.1 Å². The normalized spacial score (nSPS) is 9.96. The molecule has 1 heterocycles. The minimum atomic E-state index is -0.647. The number of methoxy groups -OCH3 is 1. The van der Waals surface area contributed by atoms with Crippen LogP contribution in [0.25, 0.3) is 0 Å². The van der Waals surface area contributed by atoms with E-state index in [2.05, 4.69) is 15.6 Å². The molecule has 0 aliphatic rings. The van der Waals surface area contributed by atoms with Gasteiger partial charge in [0.05, 0.1) is 18.4 Å². The predicted octanol–water partition coefficient (Wildman–Crippen LogP) is 2.15. The van der Waals surface area contributed by atoms with Crippen LogP contribution < -0.4 is 15.4 Å². The van der Waals surface area contributed by atoms with Crippen molar-refractivity contribution in [3.63, 3.8) is 0 Å². The largest absolute Gasteiger partial charge is 0.495 e. The second-order valence-corrected chi connectivity index (χ2v) is 5.41. The molecule has 0 aliphatic carbocycles. The van der Waals surface area contributed by atoms with Crippen molar-refractivity contribution in [3.05, 3.63) is 47.8 Å². The van der Waals surface area contributed by atoms with Crippen molar-refractivity contribution in [2.45, 2.75) is 13.8 Å². The molecule has 0 atom stereocenters. The van der Waals surface area contributed by atoms with Crippen molar-refractivity contribution >= 4 is 29.2 Å². The van der Waals surface area contributed by atoms with Gasteiger partial charge in [-0.05, 0) is 37.3 Å². The molecule has 2 aromatic rings. The Labute approximate surface area is 150 Å². The molecule has 1 aromatic carbocycles. The maximum absolute atomic E-state index is 12.1. The van der Waals surface area contributed by atoms with E-state index in [1.165, 1.54) is 20.2 Å². The first-order valence-corrected chi connectivity index (χ1v) is 7.74. The molecule has 0 fully saturated rings. The molecule has 2 amide bonds. The van der Waals surface area contributed by atoms with Crippen molar-refractivity contribution in [3.8, 4) is 5.75 Å². The zero-order valence-electron chi connectivity index (χ0n) is 14.7. The number of nitrogens with zero attached hydrogens (tertiary/aromatic N) is 1. The zero-order valence-corrected chi connectivity index (χ0v) is 14.7. The lowest BCUT2D eigenvalue weighted by atomic mass is 10.2. The fraction of sp³-hybridized carbons (Fsp3) is 0.222. The van der Waals surface area contributed by atoms with Gasteiger partial charge in [-0.3, -0.25) is 14.6 Å². The number of pyridine rings is 1. The van der Waals surface area contributed by atoms with E-state index in [1.807, 2.05) is 0 Å². The predicted molar refractivity (Wildman–Crippen MR) is 95.2 cm³/mol. The van der Waals surface area contributed by atoms with Crippen LogP contribution in [0.4, 0.5) is 11.4 Å². The molecule has 26 heavy (non-hydrogen) atoms. The summed E-state index contributed by atoms with van der Waals surface area (Å²) in [5.74, 6) is -1.03. The lowest BCUT2D eigenvalue weighted by molar-refractivity contribution is -0.119. The van der Waals surface area contributed by atoms with Crippen LogP contribution in [0.3, 0.4) is 0 Å². The molecular weight excluding hydrogens is 338 g/mol. The number of carbonyl (C=O) groups excluding carboxylic acids is 3. The first-order valence-electron chi connectivity index (χ1n) is 7.74. The number of hydrogen-bond donors (Lipinski definition) is 2. The monoisotopic (exact) mass is 357 g/mol. The summed E-state index contributed by atoms with van der Waals surface area (Å²) in [5, 5.41) is 5.19. The second kappa shape index (κ2) is 8.61. The highest BCUT2D eigenvalue weighted by Crippen LogP contribution is 2.27. The number of rotatable bonds is 6. The summed E-state index contributed by atoms with van der Waals surface area (Å²) in [6.45, 7) is 2.70. The Morgan fingerprint density at radius 2 is 1.88 bits per heavy atom.